The second-order valence-corrected chi connectivity index (χ2v) is 5.41. The molecule has 0 aliphatic carbocycles. The molecule has 1 atom stereocenters. The van der Waals surface area contributed by atoms with Gasteiger partial charge in [0.05, 0.1) is 0 Å². The van der Waals surface area contributed by atoms with Gasteiger partial charge < -0.3 is 5.32 Å². The third kappa shape index (κ3) is 5.64. The molecule has 0 radical (unpaired) electrons. The molecular formula is C18H21F2N. The smallest absolute Gasteiger partial charge is 0.126 e. The molecular weight excluding hydrogens is 268 g/mol. The second-order valence-electron chi connectivity index (χ2n) is 5.41. The fraction of sp³-hybridized carbons (Fsp3) is 0.333. The molecule has 0 aliphatic heterocycles. The van der Waals surface area contributed by atoms with Crippen LogP contribution in [0.1, 0.15) is 24.5 Å². The molecule has 0 bridgehead atoms. The van der Waals surface area contributed by atoms with Crippen molar-refractivity contribution >= 4 is 0 Å². The first kappa shape index (κ1) is 15.6. The van der Waals surface area contributed by atoms with Crippen molar-refractivity contribution in [3.8, 4) is 0 Å². The average Bonchev–Trinajstić information content (AvgIpc) is 2.45. The molecule has 0 aromatic heterocycles. The average molecular weight is 289 g/mol. The number of halogens is 2. The highest BCUT2D eigenvalue weighted by molar-refractivity contribution is 5.18. The number of nitrogens with one attached hydrogen (secondary N) is 1. The Balaban J connectivity index is 1.70. The van der Waals surface area contributed by atoms with Gasteiger partial charge in [0.15, 0.2) is 0 Å². The molecule has 0 fully saturated rings. The molecule has 112 valence electrons. The van der Waals surface area contributed by atoms with Crippen molar-refractivity contribution in [2.75, 3.05) is 6.54 Å². The van der Waals surface area contributed by atoms with E-state index in [1.807, 2.05) is 18.2 Å². The van der Waals surface area contributed by atoms with Crippen LogP contribution in [-0.2, 0) is 12.8 Å². The molecule has 0 saturated carbocycles. The van der Waals surface area contributed by atoms with Crippen LogP contribution in [0.2, 0.25) is 0 Å². The van der Waals surface area contributed by atoms with Gasteiger partial charge >= 0.3 is 0 Å². The molecule has 1 nitrogen and oxygen atoms in total. The number of rotatable bonds is 7. The lowest BCUT2D eigenvalue weighted by molar-refractivity contribution is 0.515. The lowest BCUT2D eigenvalue weighted by Gasteiger charge is -2.14. The zero-order valence-electron chi connectivity index (χ0n) is 12.3. The van der Waals surface area contributed by atoms with Crippen molar-refractivity contribution in [2.24, 2.45) is 0 Å². The number of aryl methyl sites for hydroxylation is 1. The Kier molecular flexibility index (Phi) is 5.88. The number of hydrogen-bond donors (Lipinski definition) is 1. The van der Waals surface area contributed by atoms with Crippen LogP contribution in [0.4, 0.5) is 8.78 Å². The highest BCUT2D eigenvalue weighted by atomic mass is 19.1. The van der Waals surface area contributed by atoms with Crippen LogP contribution in [0.3, 0.4) is 0 Å². The van der Waals surface area contributed by atoms with E-state index in [2.05, 4.69) is 24.4 Å². The molecule has 0 aliphatic rings. The van der Waals surface area contributed by atoms with E-state index in [0.717, 1.165) is 25.5 Å². The molecule has 0 amide bonds. The van der Waals surface area contributed by atoms with E-state index in [1.165, 1.54) is 17.7 Å². The van der Waals surface area contributed by atoms with Crippen LogP contribution >= 0.6 is 0 Å². The van der Waals surface area contributed by atoms with Gasteiger partial charge in [-0.2, -0.15) is 0 Å². The predicted octanol–water partition coefficient (Wildman–Crippen LogP) is 4.12. The summed E-state index contributed by atoms with van der Waals surface area (Å²) in [5.41, 5.74) is 2.02. The molecule has 1 N–H and O–H groups in total. The predicted molar refractivity (Wildman–Crippen MR) is 82.3 cm³/mol. The van der Waals surface area contributed by atoms with Gasteiger partial charge in [0.25, 0.3) is 0 Å². The summed E-state index contributed by atoms with van der Waals surface area (Å²) in [5, 5.41) is 3.40. The zero-order chi connectivity index (χ0) is 15.1. The first-order chi connectivity index (χ1) is 10.1. The standard InChI is InChI=1S/C18H21F2N/c1-14(7-8-15-5-3-2-4-6-15)21-10-9-16-11-17(19)13-18(20)12-16/h2-6,11-14,21H,7-10H2,1H3. The minimum absolute atomic E-state index is 0.378. The Bertz CT molecular complexity index is 534. The third-order valence-corrected chi connectivity index (χ3v) is 3.54. The highest BCUT2D eigenvalue weighted by Crippen LogP contribution is 2.09. The van der Waals surface area contributed by atoms with Gasteiger partial charge in [0, 0.05) is 12.1 Å². The van der Waals surface area contributed by atoms with Crippen LogP contribution in [0.5, 0.6) is 0 Å². The third-order valence-electron chi connectivity index (χ3n) is 3.54. The van der Waals surface area contributed by atoms with Crippen molar-refractivity contribution in [3.05, 3.63) is 71.3 Å². The van der Waals surface area contributed by atoms with E-state index in [1.54, 1.807) is 0 Å². The molecule has 21 heavy (non-hydrogen) atoms. The Hall–Kier alpha value is -1.74. The van der Waals surface area contributed by atoms with Crippen molar-refractivity contribution in [3.63, 3.8) is 0 Å². The van der Waals surface area contributed by atoms with Crippen LogP contribution in [0.25, 0.3) is 0 Å². The molecule has 0 saturated heterocycles. The molecule has 2 aromatic carbocycles. The maximum absolute atomic E-state index is 13.1. The summed E-state index contributed by atoms with van der Waals surface area (Å²) in [7, 11) is 0. The van der Waals surface area contributed by atoms with Crippen molar-refractivity contribution in [1.82, 2.24) is 5.32 Å². The second kappa shape index (κ2) is 7.89. The minimum atomic E-state index is -0.512. The van der Waals surface area contributed by atoms with E-state index < -0.39 is 11.6 Å². The maximum atomic E-state index is 13.1. The fourth-order valence-corrected chi connectivity index (χ4v) is 2.35. The first-order valence-electron chi connectivity index (χ1n) is 7.36. The zero-order valence-corrected chi connectivity index (χ0v) is 12.3. The van der Waals surface area contributed by atoms with E-state index in [4.69, 9.17) is 0 Å². The SMILES string of the molecule is CC(CCc1ccccc1)NCCc1cc(F)cc(F)c1. The topological polar surface area (TPSA) is 12.0 Å². The van der Waals surface area contributed by atoms with Crippen LogP contribution in [0.15, 0.2) is 48.5 Å². The maximum Gasteiger partial charge on any atom is 0.126 e. The van der Waals surface area contributed by atoms with E-state index in [0.29, 0.717) is 18.0 Å². The summed E-state index contributed by atoms with van der Waals surface area (Å²) in [6.07, 6.45) is 2.70. The summed E-state index contributed by atoms with van der Waals surface area (Å²) in [4.78, 5) is 0. The van der Waals surface area contributed by atoms with Crippen molar-refractivity contribution in [1.29, 1.82) is 0 Å². The van der Waals surface area contributed by atoms with Crippen LogP contribution < -0.4 is 5.32 Å². The van der Waals surface area contributed by atoms with Gasteiger partial charge in [-0.25, -0.2) is 8.78 Å². The summed E-state index contributed by atoms with van der Waals surface area (Å²) in [6, 6.07) is 14.4. The van der Waals surface area contributed by atoms with Crippen molar-refractivity contribution < 1.29 is 8.78 Å². The van der Waals surface area contributed by atoms with Gasteiger partial charge in [-0.1, -0.05) is 30.3 Å². The Labute approximate surface area is 125 Å². The largest absolute Gasteiger partial charge is 0.314 e. The van der Waals surface area contributed by atoms with Gasteiger partial charge in [-0.15, -0.1) is 0 Å². The highest BCUT2D eigenvalue weighted by Gasteiger charge is 2.04. The van der Waals surface area contributed by atoms with E-state index in [9.17, 15) is 8.78 Å². The molecule has 1 unspecified atom stereocenters. The van der Waals surface area contributed by atoms with E-state index in [-0.39, 0.29) is 0 Å². The van der Waals surface area contributed by atoms with Gasteiger partial charge in [0.1, 0.15) is 11.6 Å². The lowest BCUT2D eigenvalue weighted by Crippen LogP contribution is -2.28. The first-order valence-corrected chi connectivity index (χ1v) is 7.36. The lowest BCUT2D eigenvalue weighted by atomic mass is 10.1. The Morgan fingerprint density at radius 1 is 0.905 bits per heavy atom. The Morgan fingerprint density at radius 2 is 1.57 bits per heavy atom. The van der Waals surface area contributed by atoms with E-state index >= 15 is 0 Å². The van der Waals surface area contributed by atoms with Gasteiger partial charge in [-0.05, 0) is 56.0 Å². The summed E-state index contributed by atoms with van der Waals surface area (Å²) in [5.74, 6) is -1.02. The Morgan fingerprint density at radius 3 is 2.24 bits per heavy atom. The van der Waals surface area contributed by atoms with Crippen molar-refractivity contribution in [2.45, 2.75) is 32.2 Å². The number of benzene rings is 2. The van der Waals surface area contributed by atoms with Gasteiger partial charge in [-0.3, -0.25) is 0 Å². The minimum Gasteiger partial charge on any atom is -0.314 e. The summed E-state index contributed by atoms with van der Waals surface area (Å²) < 4.78 is 26.1. The summed E-state index contributed by atoms with van der Waals surface area (Å²) in [6.45, 7) is 2.86. The number of hydrogen-bond acceptors (Lipinski definition) is 1. The molecule has 0 heterocycles. The summed E-state index contributed by atoms with van der Waals surface area (Å²) >= 11 is 0. The van der Waals surface area contributed by atoms with Gasteiger partial charge in [0.2, 0.25) is 0 Å². The van der Waals surface area contributed by atoms with Crippen LogP contribution in [-0.4, -0.2) is 12.6 Å². The van der Waals surface area contributed by atoms with Crippen LogP contribution in [0, 0.1) is 11.6 Å². The normalized spacial score (nSPS) is 12.3. The molecule has 2 rings (SSSR count). The molecule has 3 heteroatoms. The quantitative estimate of drug-likeness (QED) is 0.808. The molecule has 0 spiro atoms. The fourth-order valence-electron chi connectivity index (χ4n) is 2.35. The molecule has 2 aromatic rings. The monoisotopic (exact) mass is 289 g/mol.